The van der Waals surface area contributed by atoms with Gasteiger partial charge in [-0.15, -0.1) is 0 Å². The van der Waals surface area contributed by atoms with Gasteiger partial charge in [-0.25, -0.2) is 0 Å². The summed E-state index contributed by atoms with van der Waals surface area (Å²) in [5.74, 6) is 0.138. The zero-order valence-electron chi connectivity index (χ0n) is 12.2. The number of rotatable bonds is 4. The van der Waals surface area contributed by atoms with Gasteiger partial charge in [-0.3, -0.25) is 4.79 Å². The highest BCUT2D eigenvalue weighted by molar-refractivity contribution is 5.80. The molecule has 19 heavy (non-hydrogen) atoms. The highest BCUT2D eigenvalue weighted by Gasteiger charge is 2.30. The van der Waals surface area contributed by atoms with E-state index in [9.17, 15) is 4.79 Å². The summed E-state index contributed by atoms with van der Waals surface area (Å²) in [6.45, 7) is 4.16. The number of hydrogen-bond acceptors (Lipinski definition) is 3. The molecule has 1 unspecified atom stereocenters. The van der Waals surface area contributed by atoms with E-state index in [1.807, 2.05) is 11.8 Å². The van der Waals surface area contributed by atoms with Crippen molar-refractivity contribution in [2.75, 3.05) is 19.7 Å². The third-order valence-electron chi connectivity index (χ3n) is 4.49. The lowest BCUT2D eigenvalue weighted by Crippen LogP contribution is -2.49. The number of amides is 1. The number of piperidine rings is 1. The minimum atomic E-state index is -0.347. The van der Waals surface area contributed by atoms with Crippen molar-refractivity contribution in [3.8, 4) is 0 Å². The highest BCUT2D eigenvalue weighted by atomic mass is 16.5. The Morgan fingerprint density at radius 1 is 1.16 bits per heavy atom. The second-order valence-corrected chi connectivity index (χ2v) is 6.26. The second-order valence-electron chi connectivity index (χ2n) is 6.26. The molecule has 1 aliphatic heterocycles. The molecular weight excluding hydrogens is 240 g/mol. The lowest BCUT2D eigenvalue weighted by atomic mass is 9.83. The normalized spacial score (nSPS) is 25.1. The van der Waals surface area contributed by atoms with E-state index in [2.05, 4.69) is 0 Å². The Morgan fingerprint density at radius 2 is 1.74 bits per heavy atom. The van der Waals surface area contributed by atoms with E-state index in [1.54, 1.807) is 0 Å². The van der Waals surface area contributed by atoms with Crippen LogP contribution in [0.2, 0.25) is 0 Å². The number of likely N-dealkylation sites (tertiary alicyclic amines) is 1. The van der Waals surface area contributed by atoms with E-state index in [0.717, 1.165) is 38.8 Å². The molecule has 1 aliphatic carbocycles. The number of ether oxygens (including phenoxy) is 1. The molecule has 0 radical (unpaired) electrons. The van der Waals surface area contributed by atoms with Crippen LogP contribution >= 0.6 is 0 Å². The quantitative estimate of drug-likeness (QED) is 0.849. The molecule has 1 atom stereocenters. The summed E-state index contributed by atoms with van der Waals surface area (Å²) >= 11 is 0. The summed E-state index contributed by atoms with van der Waals surface area (Å²) in [6.07, 6.45) is 8.85. The maximum absolute atomic E-state index is 12.2. The van der Waals surface area contributed by atoms with Gasteiger partial charge in [0.1, 0.15) is 6.10 Å². The largest absolute Gasteiger partial charge is 0.367 e. The average Bonchev–Trinajstić information content (AvgIpc) is 2.46. The summed E-state index contributed by atoms with van der Waals surface area (Å²) in [5, 5.41) is 0. The van der Waals surface area contributed by atoms with Gasteiger partial charge in [0.2, 0.25) is 0 Å². The van der Waals surface area contributed by atoms with Gasteiger partial charge in [-0.1, -0.05) is 19.3 Å². The Morgan fingerprint density at radius 3 is 2.37 bits per heavy atom. The van der Waals surface area contributed by atoms with E-state index in [4.69, 9.17) is 10.5 Å². The van der Waals surface area contributed by atoms with Gasteiger partial charge in [-0.2, -0.15) is 0 Å². The van der Waals surface area contributed by atoms with Gasteiger partial charge >= 0.3 is 0 Å². The first-order chi connectivity index (χ1) is 9.11. The fourth-order valence-corrected chi connectivity index (χ4v) is 3.13. The third-order valence-corrected chi connectivity index (χ3v) is 4.49. The summed E-state index contributed by atoms with van der Waals surface area (Å²) < 4.78 is 5.78. The highest BCUT2D eigenvalue weighted by Crippen LogP contribution is 2.26. The molecule has 0 aromatic carbocycles. The Labute approximate surface area is 116 Å². The molecule has 4 nitrogen and oxygen atoms in total. The topological polar surface area (TPSA) is 55.6 Å². The van der Waals surface area contributed by atoms with Crippen LogP contribution in [0.15, 0.2) is 0 Å². The Hall–Kier alpha value is -0.610. The van der Waals surface area contributed by atoms with Gasteiger partial charge < -0.3 is 15.4 Å². The van der Waals surface area contributed by atoms with Crippen LogP contribution in [0.5, 0.6) is 0 Å². The molecule has 0 aromatic rings. The number of carbonyl (C=O) groups excluding carboxylic acids is 1. The van der Waals surface area contributed by atoms with Crippen molar-refractivity contribution in [1.29, 1.82) is 0 Å². The van der Waals surface area contributed by atoms with Gasteiger partial charge in [0.05, 0.1) is 6.61 Å². The zero-order chi connectivity index (χ0) is 13.7. The molecule has 2 N–H and O–H groups in total. The number of hydrogen-bond donors (Lipinski definition) is 1. The fourth-order valence-electron chi connectivity index (χ4n) is 3.13. The lowest BCUT2D eigenvalue weighted by Gasteiger charge is -2.35. The van der Waals surface area contributed by atoms with E-state index in [1.165, 1.54) is 25.7 Å². The van der Waals surface area contributed by atoms with E-state index >= 15 is 0 Å². The standard InChI is InChI=1S/C15H28N2O2/c1-13(14(18)17-10-6-3-7-11-17)19-12-15(16)8-4-2-5-9-15/h13H,2-12,16H2,1H3. The van der Waals surface area contributed by atoms with Crippen molar-refractivity contribution in [2.24, 2.45) is 5.73 Å². The van der Waals surface area contributed by atoms with Crippen LogP contribution in [0.25, 0.3) is 0 Å². The monoisotopic (exact) mass is 268 g/mol. The first kappa shape index (κ1) is 14.8. The Bertz CT molecular complexity index is 295. The molecule has 1 amide bonds. The molecule has 2 rings (SSSR count). The maximum atomic E-state index is 12.2. The fraction of sp³-hybridized carbons (Fsp3) is 0.933. The van der Waals surface area contributed by atoms with Crippen LogP contribution in [-0.2, 0) is 9.53 Å². The predicted octanol–water partition coefficient (Wildman–Crippen LogP) is 2.07. The van der Waals surface area contributed by atoms with Crippen LogP contribution in [0.4, 0.5) is 0 Å². The third kappa shape index (κ3) is 4.18. The molecule has 0 aromatic heterocycles. The summed E-state index contributed by atoms with van der Waals surface area (Å²) in [4.78, 5) is 14.2. The molecule has 2 fully saturated rings. The van der Waals surface area contributed by atoms with E-state index in [-0.39, 0.29) is 17.6 Å². The molecular formula is C15H28N2O2. The molecule has 2 aliphatic rings. The molecule has 0 spiro atoms. The van der Waals surface area contributed by atoms with Crippen LogP contribution in [0.3, 0.4) is 0 Å². The van der Waals surface area contributed by atoms with Crippen molar-refractivity contribution in [1.82, 2.24) is 4.90 Å². The van der Waals surface area contributed by atoms with Crippen LogP contribution in [0.1, 0.15) is 58.3 Å². The van der Waals surface area contributed by atoms with E-state index < -0.39 is 0 Å². The SMILES string of the molecule is CC(OCC1(N)CCCCC1)C(=O)N1CCCCC1. The Balaban J connectivity index is 1.76. The van der Waals surface area contributed by atoms with Crippen LogP contribution in [0, 0.1) is 0 Å². The van der Waals surface area contributed by atoms with Crippen molar-refractivity contribution >= 4 is 5.91 Å². The molecule has 1 saturated carbocycles. The Kier molecular flexibility index (Phi) is 5.22. The van der Waals surface area contributed by atoms with Crippen molar-refractivity contribution in [3.05, 3.63) is 0 Å². The van der Waals surface area contributed by atoms with Gasteiger partial charge in [-0.05, 0) is 39.0 Å². The van der Waals surface area contributed by atoms with Crippen molar-refractivity contribution < 1.29 is 9.53 Å². The number of carbonyl (C=O) groups is 1. The van der Waals surface area contributed by atoms with Crippen LogP contribution < -0.4 is 5.73 Å². The minimum absolute atomic E-state index is 0.138. The van der Waals surface area contributed by atoms with Crippen molar-refractivity contribution in [2.45, 2.75) is 69.9 Å². The molecule has 4 heteroatoms. The zero-order valence-corrected chi connectivity index (χ0v) is 12.2. The smallest absolute Gasteiger partial charge is 0.251 e. The number of nitrogens with zero attached hydrogens (tertiary/aromatic N) is 1. The molecule has 0 bridgehead atoms. The summed E-state index contributed by atoms with van der Waals surface area (Å²) in [7, 11) is 0. The number of nitrogens with two attached hydrogens (primary N) is 1. The first-order valence-electron chi connectivity index (χ1n) is 7.80. The summed E-state index contributed by atoms with van der Waals surface area (Å²) in [5.41, 5.74) is 6.14. The van der Waals surface area contributed by atoms with Gasteiger partial charge in [0.25, 0.3) is 5.91 Å². The van der Waals surface area contributed by atoms with Crippen LogP contribution in [-0.4, -0.2) is 42.1 Å². The van der Waals surface area contributed by atoms with E-state index in [0.29, 0.717) is 6.61 Å². The lowest BCUT2D eigenvalue weighted by molar-refractivity contribution is -0.144. The molecule has 110 valence electrons. The molecule has 1 saturated heterocycles. The molecule has 1 heterocycles. The maximum Gasteiger partial charge on any atom is 0.251 e. The van der Waals surface area contributed by atoms with Gasteiger partial charge in [0.15, 0.2) is 0 Å². The van der Waals surface area contributed by atoms with Crippen molar-refractivity contribution in [3.63, 3.8) is 0 Å². The minimum Gasteiger partial charge on any atom is -0.367 e. The first-order valence-corrected chi connectivity index (χ1v) is 7.80. The average molecular weight is 268 g/mol. The van der Waals surface area contributed by atoms with Gasteiger partial charge in [0, 0.05) is 18.6 Å². The predicted molar refractivity (Wildman–Crippen MR) is 75.8 cm³/mol. The summed E-state index contributed by atoms with van der Waals surface area (Å²) in [6, 6.07) is 0. The second kappa shape index (κ2) is 6.71.